The van der Waals surface area contributed by atoms with E-state index in [1.807, 2.05) is 0 Å². The molecule has 0 aromatic heterocycles. The van der Waals surface area contributed by atoms with Crippen LogP contribution in [0.5, 0.6) is 5.75 Å². The van der Waals surface area contributed by atoms with E-state index in [1.165, 1.54) is 32.1 Å². The molecule has 0 heterocycles. The molecule has 20 heavy (non-hydrogen) atoms. The molecule has 2 rings (SSSR count). The molecule has 0 atom stereocenters. The highest BCUT2D eigenvalue weighted by molar-refractivity contribution is 7.89. The Balaban J connectivity index is 2.17. The second-order valence-corrected chi connectivity index (χ2v) is 7.23. The van der Waals surface area contributed by atoms with E-state index in [2.05, 4.69) is 4.72 Å². The highest BCUT2D eigenvalue weighted by atomic mass is 35.5. The molecule has 0 spiro atoms. The first kappa shape index (κ1) is 15.6. The first-order chi connectivity index (χ1) is 9.53. The van der Waals surface area contributed by atoms with Crippen LogP contribution in [0.2, 0.25) is 5.02 Å². The summed E-state index contributed by atoms with van der Waals surface area (Å²) in [7, 11) is -2.05. The highest BCUT2D eigenvalue weighted by Crippen LogP contribution is 2.27. The van der Waals surface area contributed by atoms with Crippen LogP contribution in [0.4, 0.5) is 0 Å². The second-order valence-electron chi connectivity index (χ2n) is 5.11. The molecule has 1 aliphatic carbocycles. The lowest BCUT2D eigenvalue weighted by atomic mass is 10.1. The summed E-state index contributed by atoms with van der Waals surface area (Å²) in [5.74, 6) is 0.371. The van der Waals surface area contributed by atoms with Crippen LogP contribution in [0.3, 0.4) is 0 Å². The number of methoxy groups -OCH3 is 1. The molecule has 0 amide bonds. The molecular weight excluding hydrogens is 298 g/mol. The Morgan fingerprint density at radius 1 is 1.20 bits per heavy atom. The predicted octanol–water partition coefficient (Wildman–Crippen LogP) is 3.35. The summed E-state index contributed by atoms with van der Waals surface area (Å²) in [4.78, 5) is 0.197. The number of benzene rings is 1. The first-order valence-electron chi connectivity index (χ1n) is 6.89. The molecule has 1 saturated carbocycles. The van der Waals surface area contributed by atoms with E-state index in [-0.39, 0.29) is 10.9 Å². The van der Waals surface area contributed by atoms with Crippen molar-refractivity contribution in [1.82, 2.24) is 4.72 Å². The van der Waals surface area contributed by atoms with E-state index in [0.717, 1.165) is 25.7 Å². The van der Waals surface area contributed by atoms with Crippen molar-refractivity contribution in [2.45, 2.75) is 49.5 Å². The number of hydrogen-bond donors (Lipinski definition) is 1. The Morgan fingerprint density at radius 2 is 1.85 bits per heavy atom. The number of ether oxygens (including phenoxy) is 1. The van der Waals surface area contributed by atoms with Crippen LogP contribution >= 0.6 is 11.6 Å². The van der Waals surface area contributed by atoms with Gasteiger partial charge in [-0.1, -0.05) is 37.3 Å². The zero-order chi connectivity index (χ0) is 14.6. The van der Waals surface area contributed by atoms with Gasteiger partial charge in [-0.05, 0) is 25.0 Å². The van der Waals surface area contributed by atoms with Gasteiger partial charge in [0.05, 0.1) is 17.0 Å². The van der Waals surface area contributed by atoms with Gasteiger partial charge in [0.1, 0.15) is 5.75 Å². The van der Waals surface area contributed by atoms with Gasteiger partial charge in [0.15, 0.2) is 0 Å². The third-order valence-corrected chi connectivity index (χ3v) is 5.44. The van der Waals surface area contributed by atoms with Crippen LogP contribution in [0.1, 0.15) is 38.5 Å². The van der Waals surface area contributed by atoms with E-state index >= 15 is 0 Å². The van der Waals surface area contributed by atoms with Crippen LogP contribution in [0.15, 0.2) is 23.1 Å². The number of rotatable bonds is 4. The van der Waals surface area contributed by atoms with Crippen molar-refractivity contribution in [2.24, 2.45) is 0 Å². The van der Waals surface area contributed by atoms with Gasteiger partial charge in [0, 0.05) is 12.1 Å². The van der Waals surface area contributed by atoms with Gasteiger partial charge in [-0.25, -0.2) is 13.1 Å². The number of hydrogen-bond acceptors (Lipinski definition) is 3. The Labute approximate surface area is 125 Å². The Hall–Kier alpha value is -0.780. The highest BCUT2D eigenvalue weighted by Gasteiger charge is 2.22. The summed E-state index contributed by atoms with van der Waals surface area (Å²) in [5, 5.41) is 0.404. The lowest BCUT2D eigenvalue weighted by molar-refractivity contribution is 0.413. The van der Waals surface area contributed by atoms with Gasteiger partial charge < -0.3 is 4.74 Å². The number of nitrogens with one attached hydrogen (secondary N) is 1. The van der Waals surface area contributed by atoms with Crippen molar-refractivity contribution >= 4 is 21.6 Å². The monoisotopic (exact) mass is 317 g/mol. The second kappa shape index (κ2) is 6.78. The molecule has 4 nitrogen and oxygen atoms in total. The molecule has 0 aliphatic heterocycles. The van der Waals surface area contributed by atoms with Crippen molar-refractivity contribution in [2.75, 3.05) is 7.11 Å². The average molecular weight is 318 g/mol. The Morgan fingerprint density at radius 3 is 2.45 bits per heavy atom. The molecule has 1 N–H and O–H groups in total. The fourth-order valence-electron chi connectivity index (χ4n) is 2.49. The molecule has 0 radical (unpaired) electrons. The molecule has 0 bridgehead atoms. The fraction of sp³-hybridized carbons (Fsp3) is 0.571. The summed E-state index contributed by atoms with van der Waals surface area (Å²) in [6.07, 6.45) is 6.35. The minimum Gasteiger partial charge on any atom is -0.495 e. The van der Waals surface area contributed by atoms with E-state index in [0.29, 0.717) is 10.8 Å². The topological polar surface area (TPSA) is 55.4 Å². The molecule has 0 unspecified atom stereocenters. The quantitative estimate of drug-likeness (QED) is 0.866. The maximum Gasteiger partial charge on any atom is 0.240 e. The van der Waals surface area contributed by atoms with Crippen LogP contribution in [0, 0.1) is 0 Å². The van der Waals surface area contributed by atoms with Gasteiger partial charge in [0.2, 0.25) is 10.0 Å². The lowest BCUT2D eigenvalue weighted by Gasteiger charge is -2.16. The van der Waals surface area contributed by atoms with E-state index in [9.17, 15) is 8.42 Å². The van der Waals surface area contributed by atoms with Gasteiger partial charge in [0.25, 0.3) is 0 Å². The first-order valence-corrected chi connectivity index (χ1v) is 8.75. The molecule has 1 aliphatic rings. The summed E-state index contributed by atoms with van der Waals surface area (Å²) >= 11 is 5.92. The summed E-state index contributed by atoms with van der Waals surface area (Å²) < 4.78 is 32.6. The maximum absolute atomic E-state index is 12.4. The zero-order valence-corrected chi connectivity index (χ0v) is 13.1. The van der Waals surface area contributed by atoms with Crippen LogP contribution in [-0.2, 0) is 10.0 Å². The smallest absolute Gasteiger partial charge is 0.240 e. The third-order valence-electron chi connectivity index (χ3n) is 3.61. The predicted molar refractivity (Wildman–Crippen MR) is 79.8 cm³/mol. The zero-order valence-electron chi connectivity index (χ0n) is 11.6. The van der Waals surface area contributed by atoms with E-state index < -0.39 is 10.0 Å². The van der Waals surface area contributed by atoms with Gasteiger partial charge in [-0.15, -0.1) is 0 Å². The summed E-state index contributed by atoms with van der Waals surface area (Å²) in [6.45, 7) is 0. The van der Waals surface area contributed by atoms with Crippen molar-refractivity contribution < 1.29 is 13.2 Å². The van der Waals surface area contributed by atoms with Crippen molar-refractivity contribution in [3.63, 3.8) is 0 Å². The van der Waals surface area contributed by atoms with Gasteiger partial charge in [-0.3, -0.25) is 0 Å². The lowest BCUT2D eigenvalue weighted by Crippen LogP contribution is -2.34. The molecule has 1 aromatic carbocycles. The summed E-state index contributed by atoms with van der Waals surface area (Å²) in [6, 6.07) is 4.54. The molecule has 6 heteroatoms. The fourth-order valence-corrected chi connectivity index (χ4v) is 4.01. The Kier molecular flexibility index (Phi) is 5.29. The maximum atomic E-state index is 12.4. The van der Waals surface area contributed by atoms with Crippen LogP contribution in [-0.4, -0.2) is 21.6 Å². The SMILES string of the molecule is COc1cc(S(=O)(=O)NC2CCCCCC2)ccc1Cl. The van der Waals surface area contributed by atoms with E-state index in [1.54, 1.807) is 6.07 Å². The average Bonchev–Trinajstić information content (AvgIpc) is 2.67. The number of halogens is 1. The van der Waals surface area contributed by atoms with Crippen molar-refractivity contribution in [1.29, 1.82) is 0 Å². The number of sulfonamides is 1. The summed E-state index contributed by atoms with van der Waals surface area (Å²) in [5.41, 5.74) is 0. The molecule has 1 fully saturated rings. The largest absolute Gasteiger partial charge is 0.495 e. The van der Waals surface area contributed by atoms with Crippen molar-refractivity contribution in [3.05, 3.63) is 23.2 Å². The third kappa shape index (κ3) is 3.87. The Bertz CT molecular complexity index is 552. The van der Waals surface area contributed by atoms with Gasteiger partial charge in [-0.2, -0.15) is 0 Å². The minimum absolute atomic E-state index is 0.0316. The minimum atomic E-state index is -3.51. The molecule has 1 aromatic rings. The van der Waals surface area contributed by atoms with Gasteiger partial charge >= 0.3 is 0 Å². The molecular formula is C14H20ClNO3S. The van der Waals surface area contributed by atoms with Crippen LogP contribution < -0.4 is 9.46 Å². The van der Waals surface area contributed by atoms with E-state index in [4.69, 9.17) is 16.3 Å². The molecule has 112 valence electrons. The van der Waals surface area contributed by atoms with Crippen molar-refractivity contribution in [3.8, 4) is 5.75 Å². The van der Waals surface area contributed by atoms with Crippen LogP contribution in [0.25, 0.3) is 0 Å². The molecule has 0 saturated heterocycles. The standard InChI is InChI=1S/C14H20ClNO3S/c1-19-14-10-12(8-9-13(14)15)20(17,18)16-11-6-4-2-3-5-7-11/h8-11,16H,2-7H2,1H3. The normalized spacial score (nSPS) is 17.7.